The average Bonchev–Trinajstić information content (AvgIpc) is 2.79. The Morgan fingerprint density at radius 1 is 1.17 bits per heavy atom. The average molecular weight is 492 g/mol. The van der Waals surface area contributed by atoms with Crippen LogP contribution in [0.15, 0.2) is 85.4 Å². The van der Waals surface area contributed by atoms with Crippen LogP contribution in [-0.4, -0.2) is 41.7 Å². The van der Waals surface area contributed by atoms with Crippen LogP contribution in [0.3, 0.4) is 0 Å². The summed E-state index contributed by atoms with van der Waals surface area (Å²) in [6, 6.07) is 6.83. The van der Waals surface area contributed by atoms with E-state index in [-0.39, 0.29) is 24.9 Å². The lowest BCUT2D eigenvalue weighted by atomic mass is 10.00. The molecule has 0 bridgehead atoms. The van der Waals surface area contributed by atoms with Crippen molar-refractivity contribution in [1.82, 2.24) is 15.5 Å². The van der Waals surface area contributed by atoms with E-state index in [2.05, 4.69) is 30.4 Å². The first-order valence-corrected chi connectivity index (χ1v) is 11.0. The van der Waals surface area contributed by atoms with Crippen molar-refractivity contribution in [2.45, 2.75) is 38.4 Å². The lowest BCUT2D eigenvalue weighted by Crippen LogP contribution is -2.26. The molecule has 0 spiro atoms. The van der Waals surface area contributed by atoms with Gasteiger partial charge in [0.05, 0.1) is 18.0 Å². The van der Waals surface area contributed by atoms with Gasteiger partial charge in [-0.1, -0.05) is 51.3 Å². The number of carbonyl (C=O) groups is 2. The zero-order valence-electron chi connectivity index (χ0n) is 20.0. The molecule has 1 amide bonds. The fraction of sp³-hybridized carbons (Fsp3) is 0.308. The van der Waals surface area contributed by atoms with E-state index in [9.17, 15) is 22.8 Å². The normalized spacial score (nSPS) is 12.7. The molecule has 0 saturated carbocycles. The van der Waals surface area contributed by atoms with Crippen molar-refractivity contribution in [1.29, 1.82) is 0 Å². The number of likely N-dealkylation sites (N-methyl/N-ethyl adjacent to an activating group) is 1. The summed E-state index contributed by atoms with van der Waals surface area (Å²) in [6.45, 7) is 13.0. The number of nitrogens with one attached hydrogen (secondary N) is 2. The lowest BCUT2D eigenvalue weighted by molar-refractivity contribution is -0.136. The minimum Gasteiger partial charge on any atom is -0.481 e. The third-order valence-corrected chi connectivity index (χ3v) is 4.95. The topological polar surface area (TPSA) is 81.7 Å². The maximum absolute atomic E-state index is 12.9. The molecule has 0 aliphatic rings. The molecule has 0 heterocycles. The molecule has 0 radical (unpaired) electrons. The predicted octanol–water partition coefficient (Wildman–Crippen LogP) is 5.47. The molecule has 6 nitrogen and oxygen atoms in total. The summed E-state index contributed by atoms with van der Waals surface area (Å²) in [5, 5.41) is 14.5. The summed E-state index contributed by atoms with van der Waals surface area (Å²) in [7, 11) is 1.46. The van der Waals surface area contributed by atoms with Crippen LogP contribution in [0.1, 0.15) is 48.1 Å². The van der Waals surface area contributed by atoms with Gasteiger partial charge in [-0.05, 0) is 36.3 Å². The summed E-state index contributed by atoms with van der Waals surface area (Å²) in [6.07, 6.45) is 1.81. The summed E-state index contributed by atoms with van der Waals surface area (Å²) in [5.41, 5.74) is 1.31. The minimum absolute atomic E-state index is 0.0451. The van der Waals surface area contributed by atoms with Gasteiger partial charge in [0.15, 0.2) is 0 Å². The SMILES string of the molecule is C=C/C(=C\N(C)C(=C)/C=C\C(=C)NC(CCC)c1ccc(C(=O)NCCC(=O)O)cc1)C(F)(F)F. The van der Waals surface area contributed by atoms with Crippen LogP contribution >= 0.6 is 0 Å². The van der Waals surface area contributed by atoms with Gasteiger partial charge >= 0.3 is 12.1 Å². The van der Waals surface area contributed by atoms with Crippen molar-refractivity contribution >= 4 is 11.9 Å². The van der Waals surface area contributed by atoms with Gasteiger partial charge in [-0.3, -0.25) is 9.59 Å². The molecule has 190 valence electrons. The summed E-state index contributed by atoms with van der Waals surface area (Å²) >= 11 is 0. The lowest BCUT2D eigenvalue weighted by Gasteiger charge is -2.21. The summed E-state index contributed by atoms with van der Waals surface area (Å²) in [5.74, 6) is -1.34. The standard InChI is InChI=1S/C26H32F3N3O3/c1-6-8-23(20-11-13-21(14-12-20)25(35)30-16-15-24(33)34)31-18(3)9-10-19(4)32(5)17-22(7-2)26(27,28)29/h7,9-14,17,23,31H,2-4,6,8,15-16H2,1,5H3,(H,30,35)(H,33,34)/b10-9-,22-17+. The van der Waals surface area contributed by atoms with E-state index in [1.165, 1.54) is 11.9 Å². The number of halogens is 3. The number of hydrogen-bond donors (Lipinski definition) is 3. The van der Waals surface area contributed by atoms with E-state index >= 15 is 0 Å². The van der Waals surface area contributed by atoms with Gasteiger partial charge in [0.2, 0.25) is 0 Å². The summed E-state index contributed by atoms with van der Waals surface area (Å²) in [4.78, 5) is 23.9. The van der Waals surface area contributed by atoms with Crippen molar-refractivity contribution in [3.63, 3.8) is 0 Å². The van der Waals surface area contributed by atoms with Crippen molar-refractivity contribution in [2.75, 3.05) is 13.6 Å². The van der Waals surface area contributed by atoms with Gasteiger partial charge in [-0.25, -0.2) is 0 Å². The van der Waals surface area contributed by atoms with Crippen LogP contribution < -0.4 is 10.6 Å². The molecule has 1 atom stereocenters. The molecule has 3 N–H and O–H groups in total. The van der Waals surface area contributed by atoms with E-state index in [0.717, 1.165) is 30.7 Å². The van der Waals surface area contributed by atoms with Crippen LogP contribution in [0.5, 0.6) is 0 Å². The number of hydrogen-bond acceptors (Lipinski definition) is 4. The van der Waals surface area contributed by atoms with Crippen molar-refractivity contribution in [3.8, 4) is 0 Å². The maximum atomic E-state index is 12.9. The van der Waals surface area contributed by atoms with Crippen LogP contribution in [0.2, 0.25) is 0 Å². The van der Waals surface area contributed by atoms with Gasteiger partial charge in [0.25, 0.3) is 5.91 Å². The van der Waals surface area contributed by atoms with Gasteiger partial charge in [-0.15, -0.1) is 0 Å². The van der Waals surface area contributed by atoms with Crippen LogP contribution in [-0.2, 0) is 4.79 Å². The Hall–Kier alpha value is -3.75. The Bertz CT molecular complexity index is 980. The van der Waals surface area contributed by atoms with Crippen molar-refractivity contribution in [3.05, 3.63) is 96.5 Å². The zero-order chi connectivity index (χ0) is 26.6. The Kier molecular flexibility index (Phi) is 11.6. The Morgan fingerprint density at radius 2 is 1.80 bits per heavy atom. The molecule has 9 heteroatoms. The number of allylic oxidation sites excluding steroid dienone is 4. The molecular weight excluding hydrogens is 459 g/mol. The number of carboxylic acid groups (broad SMARTS) is 1. The first kappa shape index (κ1) is 29.3. The second-order valence-electron chi connectivity index (χ2n) is 7.75. The number of aliphatic carboxylic acids is 1. The Balaban J connectivity index is 2.82. The zero-order valence-corrected chi connectivity index (χ0v) is 20.0. The molecule has 0 aromatic heterocycles. The Morgan fingerprint density at radius 3 is 2.31 bits per heavy atom. The fourth-order valence-electron chi connectivity index (χ4n) is 2.98. The number of benzene rings is 1. The van der Waals surface area contributed by atoms with Crippen molar-refractivity contribution < 1.29 is 27.9 Å². The highest BCUT2D eigenvalue weighted by Gasteiger charge is 2.31. The number of rotatable bonds is 14. The largest absolute Gasteiger partial charge is 0.481 e. The molecular formula is C26H32F3N3O3. The quantitative estimate of drug-likeness (QED) is 0.301. The third-order valence-electron chi connectivity index (χ3n) is 4.95. The molecule has 0 aliphatic heterocycles. The fourth-order valence-corrected chi connectivity index (χ4v) is 2.98. The highest BCUT2D eigenvalue weighted by molar-refractivity contribution is 5.94. The molecule has 0 fully saturated rings. The number of carboxylic acids is 1. The number of nitrogens with zero attached hydrogens (tertiary/aromatic N) is 1. The van der Waals surface area contributed by atoms with E-state index < -0.39 is 17.7 Å². The number of alkyl halides is 3. The first-order valence-electron chi connectivity index (χ1n) is 11.0. The number of carbonyl (C=O) groups excluding carboxylic acids is 1. The maximum Gasteiger partial charge on any atom is 0.417 e. The smallest absolute Gasteiger partial charge is 0.417 e. The number of amides is 1. The summed E-state index contributed by atoms with van der Waals surface area (Å²) < 4.78 is 38.7. The highest BCUT2D eigenvalue weighted by atomic mass is 19.4. The molecule has 1 rings (SSSR count). The van der Waals surface area contributed by atoms with E-state index in [1.54, 1.807) is 24.3 Å². The van der Waals surface area contributed by atoms with Gasteiger partial charge in [-0.2, -0.15) is 13.2 Å². The molecule has 0 aliphatic carbocycles. The second-order valence-corrected chi connectivity index (χ2v) is 7.75. The van der Waals surface area contributed by atoms with E-state index in [4.69, 9.17) is 5.11 Å². The molecule has 0 saturated heterocycles. The third kappa shape index (κ3) is 10.4. The monoisotopic (exact) mass is 491 g/mol. The molecule has 35 heavy (non-hydrogen) atoms. The molecule has 1 unspecified atom stereocenters. The van der Waals surface area contributed by atoms with Crippen molar-refractivity contribution in [2.24, 2.45) is 0 Å². The van der Waals surface area contributed by atoms with Gasteiger partial charge < -0.3 is 20.6 Å². The predicted molar refractivity (Wildman–Crippen MR) is 131 cm³/mol. The Labute approximate surface area is 204 Å². The van der Waals surface area contributed by atoms with E-state index in [1.807, 2.05) is 19.1 Å². The molecule has 1 aromatic rings. The molecule has 1 aromatic carbocycles. The minimum atomic E-state index is -4.51. The van der Waals surface area contributed by atoms with E-state index in [0.29, 0.717) is 17.0 Å². The van der Waals surface area contributed by atoms with Crippen LogP contribution in [0.4, 0.5) is 13.2 Å². The van der Waals surface area contributed by atoms with Gasteiger partial charge in [0, 0.05) is 36.7 Å². The van der Waals surface area contributed by atoms with Crippen LogP contribution in [0.25, 0.3) is 0 Å². The van der Waals surface area contributed by atoms with Gasteiger partial charge in [0.1, 0.15) is 0 Å². The second kappa shape index (κ2) is 13.8. The first-order chi connectivity index (χ1) is 16.4. The highest BCUT2D eigenvalue weighted by Crippen LogP contribution is 2.27. The van der Waals surface area contributed by atoms with Crippen LogP contribution in [0, 0.1) is 0 Å².